The molecule has 5 atom stereocenters. The van der Waals surface area contributed by atoms with Crippen molar-refractivity contribution in [2.45, 2.75) is 63.1 Å². The summed E-state index contributed by atoms with van der Waals surface area (Å²) in [4.78, 5) is 28.2. The number of hydrogen-bond donors (Lipinski definition) is 1. The van der Waals surface area contributed by atoms with Crippen LogP contribution in [-0.2, 0) is 23.7 Å². The van der Waals surface area contributed by atoms with Gasteiger partial charge in [-0.15, -0.1) is 0 Å². The van der Waals surface area contributed by atoms with Gasteiger partial charge in [-0.2, -0.15) is 0 Å². The fourth-order valence-corrected chi connectivity index (χ4v) is 4.08. The molecule has 0 spiro atoms. The first kappa shape index (κ1) is 21.0. The lowest BCUT2D eigenvalue weighted by atomic mass is 10.2. The molecule has 3 aliphatic heterocycles. The van der Waals surface area contributed by atoms with Gasteiger partial charge in [0.05, 0.1) is 18.3 Å². The number of rotatable bonds is 7. The molecule has 4 rings (SSSR count). The van der Waals surface area contributed by atoms with E-state index in [1.54, 1.807) is 11.1 Å². The lowest BCUT2D eigenvalue weighted by Crippen LogP contribution is -2.34. The van der Waals surface area contributed by atoms with Crippen LogP contribution in [0.25, 0.3) is 6.08 Å². The molecule has 2 unspecified atom stereocenters. The Labute approximate surface area is 176 Å². The van der Waals surface area contributed by atoms with Gasteiger partial charge in [-0.05, 0) is 23.9 Å². The van der Waals surface area contributed by atoms with Crippen molar-refractivity contribution in [1.29, 1.82) is 0 Å². The number of H-pyrrole nitrogens is 1. The van der Waals surface area contributed by atoms with Gasteiger partial charge in [-0.3, -0.25) is 14.3 Å². The summed E-state index contributed by atoms with van der Waals surface area (Å²) in [7, 11) is 0. The van der Waals surface area contributed by atoms with Crippen LogP contribution in [0.15, 0.2) is 20.8 Å². The van der Waals surface area contributed by atoms with Crippen LogP contribution in [0, 0.1) is 0 Å². The van der Waals surface area contributed by atoms with Crippen LogP contribution in [0.2, 0.25) is 0 Å². The van der Waals surface area contributed by atoms with Crippen molar-refractivity contribution in [3.05, 3.63) is 37.6 Å². The molecule has 0 amide bonds. The fourth-order valence-electron chi connectivity index (χ4n) is 3.80. The Morgan fingerprint density at radius 2 is 1.97 bits per heavy atom. The van der Waals surface area contributed by atoms with Crippen LogP contribution in [0.5, 0.6) is 0 Å². The zero-order valence-corrected chi connectivity index (χ0v) is 17.5. The Balaban J connectivity index is 1.50. The molecular weight excluding hydrogens is 448 g/mol. The summed E-state index contributed by atoms with van der Waals surface area (Å²) in [6, 6.07) is 0. The number of hydrogen-bond acceptors (Lipinski definition) is 7. The maximum absolute atomic E-state index is 12.4. The second-order valence-electron chi connectivity index (χ2n) is 7.30. The zero-order chi connectivity index (χ0) is 20.2. The first-order valence-electron chi connectivity index (χ1n) is 9.92. The highest BCUT2D eigenvalue weighted by molar-refractivity contribution is 9.11. The van der Waals surface area contributed by atoms with E-state index in [0.29, 0.717) is 31.8 Å². The number of aromatic nitrogens is 2. The van der Waals surface area contributed by atoms with Crippen LogP contribution in [-0.4, -0.2) is 54.2 Å². The fraction of sp³-hybridized carbons (Fsp3) is 0.684. The van der Waals surface area contributed by atoms with Gasteiger partial charge < -0.3 is 23.7 Å². The van der Waals surface area contributed by atoms with Gasteiger partial charge in [-0.1, -0.05) is 15.9 Å². The van der Waals surface area contributed by atoms with Crippen molar-refractivity contribution < 1.29 is 23.7 Å². The Kier molecular flexibility index (Phi) is 6.99. The van der Waals surface area contributed by atoms with Gasteiger partial charge in [-0.25, -0.2) is 4.79 Å². The molecule has 0 bridgehead atoms. The predicted octanol–water partition coefficient (Wildman–Crippen LogP) is 1.86. The first-order chi connectivity index (χ1) is 14.1. The third kappa shape index (κ3) is 5.07. The Hall–Kier alpha value is -1.30. The largest absolute Gasteiger partial charge is 0.353 e. The number of nitrogens with one attached hydrogen (secondary N) is 1. The van der Waals surface area contributed by atoms with Crippen LogP contribution in [0.4, 0.5) is 0 Å². The molecule has 0 aromatic carbocycles. The Morgan fingerprint density at radius 1 is 1.21 bits per heavy atom. The molecule has 1 aromatic heterocycles. The average molecular weight is 473 g/mol. The zero-order valence-electron chi connectivity index (χ0n) is 16.0. The second-order valence-corrected chi connectivity index (χ2v) is 7.83. The molecule has 3 saturated heterocycles. The van der Waals surface area contributed by atoms with Gasteiger partial charge in [0.25, 0.3) is 5.56 Å². The van der Waals surface area contributed by atoms with E-state index >= 15 is 0 Å². The van der Waals surface area contributed by atoms with Crippen molar-refractivity contribution in [2.75, 3.05) is 19.8 Å². The molecule has 10 heteroatoms. The summed E-state index contributed by atoms with van der Waals surface area (Å²) < 4.78 is 30.6. The van der Waals surface area contributed by atoms with Crippen molar-refractivity contribution in [3.8, 4) is 0 Å². The van der Waals surface area contributed by atoms with E-state index < -0.39 is 17.5 Å². The molecule has 1 aromatic rings. The standard InChI is InChI=1S/C19H25BrN2O7/c20-6-5-12-10-22(19(24)21-18(12)23)15-9-13(29-17-4-2-8-26-17)14(28-15)11-27-16-3-1-7-25-16/h5-6,10,13-17H,1-4,7-9,11H2,(H,21,23,24)/b6-5+/t13-,14+,15+,16?,17?/m0/s1. The summed E-state index contributed by atoms with van der Waals surface area (Å²) in [6.07, 6.45) is 5.40. The molecule has 4 heterocycles. The van der Waals surface area contributed by atoms with E-state index in [1.165, 1.54) is 10.8 Å². The molecule has 160 valence electrons. The molecule has 0 saturated carbocycles. The van der Waals surface area contributed by atoms with Gasteiger partial charge in [0, 0.05) is 38.7 Å². The predicted molar refractivity (Wildman–Crippen MR) is 107 cm³/mol. The SMILES string of the molecule is O=c1[nH]c(=O)n([C@H]2C[C@H](OC3CCCO3)[C@@H](COC3CCCO3)O2)cc1/C=C/Br. The minimum atomic E-state index is -0.577. The van der Waals surface area contributed by atoms with Crippen LogP contribution < -0.4 is 11.2 Å². The van der Waals surface area contributed by atoms with Gasteiger partial charge >= 0.3 is 5.69 Å². The highest BCUT2D eigenvalue weighted by atomic mass is 79.9. The Bertz CT molecular complexity index is 827. The quantitative estimate of drug-likeness (QED) is 0.645. The third-order valence-electron chi connectivity index (χ3n) is 5.28. The first-order valence-corrected chi connectivity index (χ1v) is 10.8. The minimum absolute atomic E-state index is 0.229. The maximum Gasteiger partial charge on any atom is 0.330 e. The summed E-state index contributed by atoms with van der Waals surface area (Å²) in [6.45, 7) is 1.68. The van der Waals surface area contributed by atoms with Crippen LogP contribution in [0.3, 0.4) is 0 Å². The topological polar surface area (TPSA) is 101 Å². The Morgan fingerprint density at radius 3 is 2.66 bits per heavy atom. The van der Waals surface area contributed by atoms with Crippen LogP contribution >= 0.6 is 15.9 Å². The molecule has 1 N–H and O–H groups in total. The summed E-state index contributed by atoms with van der Waals surface area (Å²) in [5.41, 5.74) is -0.630. The van der Waals surface area contributed by atoms with E-state index in [1.807, 2.05) is 0 Å². The van der Waals surface area contributed by atoms with Crippen molar-refractivity contribution >= 4 is 22.0 Å². The third-order valence-corrected chi connectivity index (χ3v) is 5.54. The van der Waals surface area contributed by atoms with Crippen molar-refractivity contribution in [3.63, 3.8) is 0 Å². The summed E-state index contributed by atoms with van der Waals surface area (Å²) in [5, 5.41) is 0. The lowest BCUT2D eigenvalue weighted by Gasteiger charge is -2.23. The number of ether oxygens (including phenoxy) is 5. The maximum atomic E-state index is 12.4. The van der Waals surface area contributed by atoms with Gasteiger partial charge in [0.1, 0.15) is 12.3 Å². The van der Waals surface area contributed by atoms with E-state index in [0.717, 1.165) is 25.7 Å². The molecule has 0 aliphatic carbocycles. The van der Waals surface area contributed by atoms with Gasteiger partial charge in [0.15, 0.2) is 12.6 Å². The highest BCUT2D eigenvalue weighted by Gasteiger charge is 2.40. The molecular formula is C19H25BrN2O7. The molecule has 29 heavy (non-hydrogen) atoms. The molecule has 3 aliphatic rings. The average Bonchev–Trinajstić information content (AvgIpc) is 3.45. The summed E-state index contributed by atoms with van der Waals surface area (Å²) >= 11 is 3.15. The van der Waals surface area contributed by atoms with E-state index in [2.05, 4.69) is 20.9 Å². The van der Waals surface area contributed by atoms with E-state index in [9.17, 15) is 9.59 Å². The van der Waals surface area contributed by atoms with E-state index in [-0.39, 0.29) is 24.8 Å². The monoisotopic (exact) mass is 472 g/mol. The van der Waals surface area contributed by atoms with Crippen LogP contribution in [0.1, 0.15) is 43.9 Å². The molecule has 9 nitrogen and oxygen atoms in total. The lowest BCUT2D eigenvalue weighted by molar-refractivity contribution is -0.183. The normalized spacial score (nSPS) is 32.5. The summed E-state index contributed by atoms with van der Waals surface area (Å²) in [5.74, 6) is 0. The smallest absolute Gasteiger partial charge is 0.330 e. The van der Waals surface area contributed by atoms with Crippen molar-refractivity contribution in [2.24, 2.45) is 0 Å². The highest BCUT2D eigenvalue weighted by Crippen LogP contribution is 2.33. The minimum Gasteiger partial charge on any atom is -0.353 e. The number of halogens is 1. The molecule has 0 radical (unpaired) electrons. The second kappa shape index (κ2) is 9.67. The van der Waals surface area contributed by atoms with Crippen molar-refractivity contribution in [1.82, 2.24) is 9.55 Å². The van der Waals surface area contributed by atoms with Gasteiger partial charge in [0.2, 0.25) is 0 Å². The molecule has 3 fully saturated rings. The number of nitrogens with zero attached hydrogens (tertiary/aromatic N) is 1. The van der Waals surface area contributed by atoms with E-state index in [4.69, 9.17) is 23.7 Å². The number of aromatic amines is 1.